The van der Waals surface area contributed by atoms with Gasteiger partial charge in [-0.25, -0.2) is 4.98 Å². The van der Waals surface area contributed by atoms with Gasteiger partial charge in [0.1, 0.15) is 0 Å². The van der Waals surface area contributed by atoms with Gasteiger partial charge in [-0.15, -0.1) is 11.3 Å². The number of nitrogens with zero attached hydrogens (tertiary/aromatic N) is 2. The van der Waals surface area contributed by atoms with Crippen molar-refractivity contribution in [3.63, 3.8) is 0 Å². The van der Waals surface area contributed by atoms with E-state index in [-0.39, 0.29) is 0 Å². The quantitative estimate of drug-likeness (QED) is 0.831. The molecule has 1 aliphatic heterocycles. The smallest absolute Gasteiger partial charge is 0.185 e. The minimum absolute atomic E-state index is 0.445. The third-order valence-electron chi connectivity index (χ3n) is 3.54. The summed E-state index contributed by atoms with van der Waals surface area (Å²) in [6.07, 6.45) is 2.46. The van der Waals surface area contributed by atoms with Crippen molar-refractivity contribution in [3.8, 4) is 0 Å². The third kappa shape index (κ3) is 3.23. The summed E-state index contributed by atoms with van der Waals surface area (Å²) in [5.41, 5.74) is 1.64. The first-order valence-corrected chi connectivity index (χ1v) is 7.75. The summed E-state index contributed by atoms with van der Waals surface area (Å²) in [5, 5.41) is 4.68. The molecule has 102 valence electrons. The van der Waals surface area contributed by atoms with Crippen molar-refractivity contribution in [1.82, 2.24) is 10.3 Å². The molecule has 3 nitrogen and oxygen atoms in total. The Morgan fingerprint density at radius 2 is 2.22 bits per heavy atom. The number of thiazole rings is 1. The molecule has 0 radical (unpaired) electrons. The Hall–Kier alpha value is -0.610. The van der Waals surface area contributed by atoms with E-state index in [9.17, 15) is 0 Å². The van der Waals surface area contributed by atoms with Crippen molar-refractivity contribution in [2.24, 2.45) is 5.41 Å². The van der Waals surface area contributed by atoms with Crippen LogP contribution < -0.4 is 10.2 Å². The van der Waals surface area contributed by atoms with Crippen LogP contribution in [0.1, 0.15) is 44.2 Å². The molecule has 4 heteroatoms. The van der Waals surface area contributed by atoms with Gasteiger partial charge in [0.15, 0.2) is 5.13 Å². The SMILES string of the molecule is CCCNCc1sc(N2CCC(C)(C)C2)nc1C. The van der Waals surface area contributed by atoms with Gasteiger partial charge in [-0.3, -0.25) is 0 Å². The molecule has 2 rings (SSSR count). The van der Waals surface area contributed by atoms with Crippen LogP contribution in [-0.4, -0.2) is 24.6 Å². The Bertz CT molecular complexity index is 398. The lowest BCUT2D eigenvalue weighted by molar-refractivity contribution is 0.418. The Balaban J connectivity index is 2.00. The van der Waals surface area contributed by atoms with Crippen molar-refractivity contribution in [2.45, 2.75) is 47.1 Å². The predicted molar refractivity (Wildman–Crippen MR) is 79.5 cm³/mol. The molecule has 1 saturated heterocycles. The molecule has 0 unspecified atom stereocenters. The molecule has 1 N–H and O–H groups in total. The van der Waals surface area contributed by atoms with E-state index in [1.54, 1.807) is 0 Å². The average molecular weight is 267 g/mol. The summed E-state index contributed by atoms with van der Waals surface area (Å²) in [6.45, 7) is 13.4. The summed E-state index contributed by atoms with van der Waals surface area (Å²) in [5.74, 6) is 0. The normalized spacial score (nSPS) is 18.6. The van der Waals surface area contributed by atoms with Crippen LogP contribution in [0.15, 0.2) is 0 Å². The minimum atomic E-state index is 0.445. The number of hydrogen-bond acceptors (Lipinski definition) is 4. The van der Waals surface area contributed by atoms with Crippen LogP contribution in [0.3, 0.4) is 0 Å². The number of nitrogens with one attached hydrogen (secondary N) is 1. The Morgan fingerprint density at radius 1 is 1.44 bits per heavy atom. The molecule has 1 aromatic heterocycles. The molecular weight excluding hydrogens is 242 g/mol. The van der Waals surface area contributed by atoms with Gasteiger partial charge in [-0.2, -0.15) is 0 Å². The molecule has 0 aromatic carbocycles. The Morgan fingerprint density at radius 3 is 2.83 bits per heavy atom. The van der Waals surface area contributed by atoms with E-state index >= 15 is 0 Å². The maximum absolute atomic E-state index is 4.74. The van der Waals surface area contributed by atoms with E-state index in [4.69, 9.17) is 4.98 Å². The van der Waals surface area contributed by atoms with E-state index in [1.807, 2.05) is 11.3 Å². The lowest BCUT2D eigenvalue weighted by Gasteiger charge is -2.18. The summed E-state index contributed by atoms with van der Waals surface area (Å²) in [4.78, 5) is 8.58. The van der Waals surface area contributed by atoms with Gasteiger partial charge in [-0.05, 0) is 31.7 Å². The van der Waals surface area contributed by atoms with Crippen LogP contribution in [0.2, 0.25) is 0 Å². The average Bonchev–Trinajstić information content (AvgIpc) is 2.83. The van der Waals surface area contributed by atoms with Crippen molar-refractivity contribution < 1.29 is 0 Å². The Labute approximate surface area is 115 Å². The fourth-order valence-electron chi connectivity index (χ4n) is 2.37. The molecule has 1 aliphatic rings. The van der Waals surface area contributed by atoms with E-state index in [0.29, 0.717) is 5.41 Å². The van der Waals surface area contributed by atoms with Crippen LogP contribution in [0.25, 0.3) is 0 Å². The van der Waals surface area contributed by atoms with Crippen LogP contribution in [0.5, 0.6) is 0 Å². The second-order valence-electron chi connectivity index (χ2n) is 6.02. The van der Waals surface area contributed by atoms with Crippen LogP contribution in [-0.2, 0) is 6.54 Å². The molecule has 0 bridgehead atoms. The van der Waals surface area contributed by atoms with Crippen molar-refractivity contribution >= 4 is 16.5 Å². The fraction of sp³-hybridized carbons (Fsp3) is 0.786. The van der Waals surface area contributed by atoms with Gasteiger partial charge in [0.25, 0.3) is 0 Å². The number of hydrogen-bond donors (Lipinski definition) is 1. The molecule has 0 spiro atoms. The van der Waals surface area contributed by atoms with Crippen LogP contribution in [0.4, 0.5) is 5.13 Å². The monoisotopic (exact) mass is 267 g/mol. The van der Waals surface area contributed by atoms with Gasteiger partial charge in [0.05, 0.1) is 5.69 Å². The third-order valence-corrected chi connectivity index (χ3v) is 4.76. The maximum Gasteiger partial charge on any atom is 0.185 e. The highest BCUT2D eigenvalue weighted by Gasteiger charge is 2.30. The van der Waals surface area contributed by atoms with Gasteiger partial charge in [0, 0.05) is 24.5 Å². The summed E-state index contributed by atoms with van der Waals surface area (Å²) >= 11 is 1.86. The largest absolute Gasteiger partial charge is 0.348 e. The summed E-state index contributed by atoms with van der Waals surface area (Å²) in [6, 6.07) is 0. The lowest BCUT2D eigenvalue weighted by atomic mass is 9.93. The zero-order valence-corrected chi connectivity index (χ0v) is 12.9. The predicted octanol–water partition coefficient (Wildman–Crippen LogP) is 3.19. The topological polar surface area (TPSA) is 28.2 Å². The molecule has 0 atom stereocenters. The summed E-state index contributed by atoms with van der Waals surface area (Å²) in [7, 11) is 0. The second kappa shape index (κ2) is 5.57. The summed E-state index contributed by atoms with van der Waals surface area (Å²) < 4.78 is 0. The molecular formula is C14H25N3S. The molecule has 0 aliphatic carbocycles. The fourth-order valence-corrected chi connectivity index (χ4v) is 3.42. The Kier molecular flexibility index (Phi) is 4.28. The highest BCUT2D eigenvalue weighted by atomic mass is 32.1. The van der Waals surface area contributed by atoms with Crippen LogP contribution in [0, 0.1) is 12.3 Å². The van der Waals surface area contributed by atoms with Crippen LogP contribution >= 0.6 is 11.3 Å². The number of anilines is 1. The van der Waals surface area contributed by atoms with E-state index in [0.717, 1.165) is 26.2 Å². The van der Waals surface area contributed by atoms with Crippen molar-refractivity contribution in [3.05, 3.63) is 10.6 Å². The highest BCUT2D eigenvalue weighted by Crippen LogP contribution is 2.35. The van der Waals surface area contributed by atoms with Gasteiger partial charge in [-0.1, -0.05) is 20.8 Å². The number of rotatable bonds is 5. The first-order chi connectivity index (χ1) is 8.52. The van der Waals surface area contributed by atoms with Gasteiger partial charge < -0.3 is 10.2 Å². The number of aryl methyl sites for hydroxylation is 1. The highest BCUT2D eigenvalue weighted by molar-refractivity contribution is 7.15. The van der Waals surface area contributed by atoms with Gasteiger partial charge in [0.2, 0.25) is 0 Å². The van der Waals surface area contributed by atoms with E-state index in [1.165, 1.54) is 28.5 Å². The molecule has 0 saturated carbocycles. The molecule has 1 fully saturated rings. The molecule has 0 amide bonds. The maximum atomic E-state index is 4.74. The van der Waals surface area contributed by atoms with Gasteiger partial charge >= 0.3 is 0 Å². The standard InChI is InChI=1S/C14H25N3S/c1-5-7-15-9-12-11(2)16-13(18-12)17-8-6-14(3,4)10-17/h15H,5-10H2,1-4H3. The van der Waals surface area contributed by atoms with E-state index in [2.05, 4.69) is 37.9 Å². The van der Waals surface area contributed by atoms with E-state index < -0.39 is 0 Å². The second-order valence-corrected chi connectivity index (χ2v) is 7.08. The number of aromatic nitrogens is 1. The molecule has 1 aromatic rings. The zero-order chi connectivity index (χ0) is 13.2. The van der Waals surface area contributed by atoms with Crippen molar-refractivity contribution in [2.75, 3.05) is 24.5 Å². The zero-order valence-electron chi connectivity index (χ0n) is 12.0. The first-order valence-electron chi connectivity index (χ1n) is 6.94. The molecule has 18 heavy (non-hydrogen) atoms. The lowest BCUT2D eigenvalue weighted by Crippen LogP contribution is -2.22. The molecule has 2 heterocycles. The van der Waals surface area contributed by atoms with Crippen molar-refractivity contribution in [1.29, 1.82) is 0 Å². The minimum Gasteiger partial charge on any atom is -0.348 e. The first kappa shape index (κ1) is 13.8.